The third kappa shape index (κ3) is 2.69. The lowest BCUT2D eigenvalue weighted by Gasteiger charge is -2.19. The van der Waals surface area contributed by atoms with Gasteiger partial charge in [0.2, 0.25) is 0 Å². The molecule has 6 nitrogen and oxygen atoms in total. The third-order valence-electron chi connectivity index (χ3n) is 2.59. The summed E-state index contributed by atoms with van der Waals surface area (Å²) in [5, 5.41) is 10.8. The van der Waals surface area contributed by atoms with E-state index in [1.807, 2.05) is 0 Å². The van der Waals surface area contributed by atoms with Crippen LogP contribution < -0.4 is 0 Å². The third-order valence-corrected chi connectivity index (χ3v) is 2.59. The Morgan fingerprint density at radius 2 is 2.11 bits per heavy atom. The number of carbonyl (C=O) groups is 1. The normalized spacial score (nSPS) is 15.5. The Bertz CT molecular complexity index is 495. The Balaban J connectivity index is 2.30. The molecule has 0 radical (unpaired) electrons. The molecule has 0 unspecified atom stereocenters. The average Bonchev–Trinajstić information content (AvgIpc) is 2.94. The molecule has 0 aromatic carbocycles. The van der Waals surface area contributed by atoms with Crippen LogP contribution in [0.25, 0.3) is 0 Å². The molecular weight excluding hydrogens is 236 g/mol. The van der Waals surface area contributed by atoms with Crippen molar-refractivity contribution in [2.75, 3.05) is 0 Å². The summed E-state index contributed by atoms with van der Waals surface area (Å²) in [6.45, 7) is 5.30. The van der Waals surface area contributed by atoms with Gasteiger partial charge >= 0.3 is 5.97 Å². The summed E-state index contributed by atoms with van der Waals surface area (Å²) in [4.78, 5) is 22.2. The molecule has 0 spiro atoms. The number of carbonyl (C=O) groups excluding carboxylic acids is 1. The van der Waals surface area contributed by atoms with Crippen LogP contribution in [0.1, 0.15) is 50.1 Å². The van der Waals surface area contributed by atoms with E-state index >= 15 is 0 Å². The molecule has 0 aliphatic heterocycles. The van der Waals surface area contributed by atoms with Crippen LogP contribution in [0.4, 0.5) is 5.69 Å². The number of esters is 1. The predicted molar refractivity (Wildman–Crippen MR) is 64.5 cm³/mol. The molecule has 0 atom stereocenters. The SMILES string of the molecule is CC(C)(C)OC(=O)c1cc([N+](=O)[O-])cn1C1CC1. The van der Waals surface area contributed by atoms with Gasteiger partial charge in [-0.25, -0.2) is 4.79 Å². The van der Waals surface area contributed by atoms with Crippen molar-refractivity contribution in [1.29, 1.82) is 0 Å². The minimum atomic E-state index is -0.607. The molecule has 1 aliphatic carbocycles. The van der Waals surface area contributed by atoms with Crippen LogP contribution in [-0.4, -0.2) is 21.1 Å². The predicted octanol–water partition coefficient (Wildman–Crippen LogP) is 2.69. The van der Waals surface area contributed by atoms with Crippen molar-refractivity contribution in [3.05, 3.63) is 28.1 Å². The molecule has 0 amide bonds. The maximum absolute atomic E-state index is 12.0. The molecule has 0 bridgehead atoms. The summed E-state index contributed by atoms with van der Waals surface area (Å²) in [5.74, 6) is -0.512. The summed E-state index contributed by atoms with van der Waals surface area (Å²) in [7, 11) is 0. The van der Waals surface area contributed by atoms with Crippen LogP contribution in [-0.2, 0) is 4.74 Å². The van der Waals surface area contributed by atoms with E-state index in [1.165, 1.54) is 12.3 Å². The van der Waals surface area contributed by atoms with Gasteiger partial charge in [0.1, 0.15) is 11.3 Å². The fraction of sp³-hybridized carbons (Fsp3) is 0.583. The molecule has 1 heterocycles. The Kier molecular flexibility index (Phi) is 2.88. The monoisotopic (exact) mass is 252 g/mol. The minimum absolute atomic E-state index is 0.0669. The van der Waals surface area contributed by atoms with Crippen LogP contribution in [0.2, 0.25) is 0 Å². The Morgan fingerprint density at radius 3 is 2.56 bits per heavy atom. The van der Waals surface area contributed by atoms with E-state index in [2.05, 4.69) is 0 Å². The fourth-order valence-electron chi connectivity index (χ4n) is 1.71. The van der Waals surface area contributed by atoms with E-state index in [0.29, 0.717) is 0 Å². The smallest absolute Gasteiger partial charge is 0.355 e. The molecule has 0 saturated heterocycles. The molecule has 18 heavy (non-hydrogen) atoms. The lowest BCUT2D eigenvalue weighted by molar-refractivity contribution is -0.384. The first kappa shape index (κ1) is 12.6. The van der Waals surface area contributed by atoms with E-state index in [4.69, 9.17) is 4.74 Å². The molecule has 2 rings (SSSR count). The first-order valence-electron chi connectivity index (χ1n) is 5.87. The quantitative estimate of drug-likeness (QED) is 0.471. The molecule has 1 aliphatic rings. The lowest BCUT2D eigenvalue weighted by Crippen LogP contribution is -2.25. The Labute approximate surface area is 105 Å². The zero-order valence-electron chi connectivity index (χ0n) is 10.7. The molecule has 0 N–H and O–H groups in total. The second-order valence-corrected chi connectivity index (χ2v) is 5.48. The standard InChI is InChI=1S/C12H16N2O4/c1-12(2,3)18-11(15)10-6-9(14(16)17)7-13(10)8-4-5-8/h6-8H,4-5H2,1-3H3. The maximum Gasteiger partial charge on any atom is 0.355 e. The Morgan fingerprint density at radius 1 is 1.50 bits per heavy atom. The first-order valence-corrected chi connectivity index (χ1v) is 5.87. The highest BCUT2D eigenvalue weighted by atomic mass is 16.6. The summed E-state index contributed by atoms with van der Waals surface area (Å²) >= 11 is 0. The molecule has 1 aromatic rings. The number of rotatable bonds is 3. The van der Waals surface area contributed by atoms with Crippen LogP contribution in [0, 0.1) is 10.1 Å². The van der Waals surface area contributed by atoms with Crippen molar-refractivity contribution in [3.8, 4) is 0 Å². The zero-order valence-corrected chi connectivity index (χ0v) is 10.7. The van der Waals surface area contributed by atoms with Gasteiger partial charge in [0, 0.05) is 12.1 Å². The fourth-order valence-corrected chi connectivity index (χ4v) is 1.71. The van der Waals surface area contributed by atoms with E-state index in [0.717, 1.165) is 12.8 Å². The zero-order chi connectivity index (χ0) is 13.5. The molecular formula is C12H16N2O4. The van der Waals surface area contributed by atoms with Crippen LogP contribution in [0.15, 0.2) is 12.3 Å². The highest BCUT2D eigenvalue weighted by Crippen LogP contribution is 2.38. The van der Waals surface area contributed by atoms with Crippen molar-refractivity contribution in [2.24, 2.45) is 0 Å². The van der Waals surface area contributed by atoms with Gasteiger partial charge in [-0.1, -0.05) is 0 Å². The lowest BCUT2D eigenvalue weighted by atomic mass is 10.2. The first-order chi connectivity index (χ1) is 8.28. The van der Waals surface area contributed by atoms with Gasteiger partial charge in [0.15, 0.2) is 0 Å². The van der Waals surface area contributed by atoms with E-state index in [-0.39, 0.29) is 17.4 Å². The van der Waals surface area contributed by atoms with Gasteiger partial charge in [-0.15, -0.1) is 0 Å². The number of nitro groups is 1. The molecule has 1 fully saturated rings. The van der Waals surface area contributed by atoms with Gasteiger partial charge < -0.3 is 9.30 Å². The number of ether oxygens (including phenoxy) is 1. The summed E-state index contributed by atoms with van der Waals surface area (Å²) < 4.78 is 6.91. The number of hydrogen-bond donors (Lipinski definition) is 0. The molecule has 1 aromatic heterocycles. The van der Waals surface area contributed by atoms with Crippen molar-refractivity contribution >= 4 is 11.7 Å². The van der Waals surface area contributed by atoms with Gasteiger partial charge in [-0.05, 0) is 33.6 Å². The van der Waals surface area contributed by atoms with Crippen molar-refractivity contribution in [2.45, 2.75) is 45.3 Å². The summed E-state index contributed by atoms with van der Waals surface area (Å²) in [5.41, 5.74) is -0.410. The van der Waals surface area contributed by atoms with Crippen molar-refractivity contribution in [1.82, 2.24) is 4.57 Å². The van der Waals surface area contributed by atoms with Crippen LogP contribution >= 0.6 is 0 Å². The highest BCUT2D eigenvalue weighted by molar-refractivity contribution is 5.89. The van der Waals surface area contributed by atoms with Crippen LogP contribution in [0.5, 0.6) is 0 Å². The number of nitrogens with zero attached hydrogens (tertiary/aromatic N) is 2. The van der Waals surface area contributed by atoms with Crippen molar-refractivity contribution < 1.29 is 14.5 Å². The largest absolute Gasteiger partial charge is 0.455 e. The van der Waals surface area contributed by atoms with Gasteiger partial charge in [-0.3, -0.25) is 10.1 Å². The van der Waals surface area contributed by atoms with Crippen molar-refractivity contribution in [3.63, 3.8) is 0 Å². The van der Waals surface area contributed by atoms with E-state index in [1.54, 1.807) is 25.3 Å². The molecule has 6 heteroatoms. The van der Waals surface area contributed by atoms with Gasteiger partial charge in [0.25, 0.3) is 5.69 Å². The number of aromatic nitrogens is 1. The van der Waals surface area contributed by atoms with Gasteiger partial charge in [-0.2, -0.15) is 0 Å². The average molecular weight is 252 g/mol. The summed E-state index contributed by atoms with van der Waals surface area (Å²) in [6.07, 6.45) is 3.31. The maximum atomic E-state index is 12.0. The van der Waals surface area contributed by atoms with E-state index in [9.17, 15) is 14.9 Å². The second kappa shape index (κ2) is 4.12. The number of hydrogen-bond acceptors (Lipinski definition) is 4. The van der Waals surface area contributed by atoms with Crippen LogP contribution in [0.3, 0.4) is 0 Å². The molecule has 98 valence electrons. The second-order valence-electron chi connectivity index (χ2n) is 5.48. The highest BCUT2D eigenvalue weighted by Gasteiger charge is 2.32. The van der Waals surface area contributed by atoms with E-state index < -0.39 is 16.5 Å². The molecule has 1 saturated carbocycles. The minimum Gasteiger partial charge on any atom is -0.455 e. The topological polar surface area (TPSA) is 74.4 Å². The van der Waals surface area contributed by atoms with Gasteiger partial charge in [0.05, 0.1) is 11.1 Å². The summed E-state index contributed by atoms with van der Waals surface area (Å²) in [6, 6.07) is 1.48. The Hall–Kier alpha value is -1.85.